The molecule has 0 amide bonds. The maximum atomic E-state index is 6.54. The lowest BCUT2D eigenvalue weighted by Gasteiger charge is -2.28. The van der Waals surface area contributed by atoms with Gasteiger partial charge in [0.2, 0.25) is 11.1 Å². The summed E-state index contributed by atoms with van der Waals surface area (Å²) < 4.78 is 17.5. The fourth-order valence-corrected chi connectivity index (χ4v) is 4.04. The van der Waals surface area contributed by atoms with Gasteiger partial charge in [-0.05, 0) is 24.3 Å². The van der Waals surface area contributed by atoms with Crippen LogP contribution in [0.2, 0.25) is 0 Å². The van der Waals surface area contributed by atoms with Crippen molar-refractivity contribution in [3.63, 3.8) is 0 Å². The molecule has 3 heterocycles. The Kier molecular flexibility index (Phi) is 2.54. The van der Waals surface area contributed by atoms with E-state index in [1.165, 1.54) is 0 Å². The van der Waals surface area contributed by atoms with Gasteiger partial charge in [-0.1, -0.05) is 33.4 Å². The zero-order chi connectivity index (χ0) is 17.4. The second-order valence-corrected chi connectivity index (χ2v) is 7.94. The van der Waals surface area contributed by atoms with E-state index in [2.05, 4.69) is 61.4 Å². The van der Waals surface area contributed by atoms with Gasteiger partial charge in [-0.15, -0.1) is 0 Å². The van der Waals surface area contributed by atoms with Gasteiger partial charge in [-0.25, -0.2) is 0 Å². The summed E-state index contributed by atoms with van der Waals surface area (Å²) in [6, 6.07) is 15.2. The summed E-state index contributed by atoms with van der Waals surface area (Å²) in [5, 5.41) is 0. The summed E-state index contributed by atoms with van der Waals surface area (Å²) >= 11 is 0. The average molecular weight is 334 g/mol. The minimum Gasteiger partial charge on any atom is -0.341 e. The van der Waals surface area contributed by atoms with Crippen molar-refractivity contribution in [3.8, 4) is 11.5 Å². The van der Waals surface area contributed by atoms with Crippen LogP contribution in [0.4, 0.5) is 0 Å². The maximum absolute atomic E-state index is 6.54. The molecule has 0 N–H and O–H groups in total. The zero-order valence-electron chi connectivity index (χ0n) is 15.0. The molecular weight excluding hydrogens is 312 g/mol. The lowest BCUT2D eigenvalue weighted by atomic mass is 9.83. The van der Waals surface area contributed by atoms with E-state index in [1.807, 2.05) is 36.4 Å². The molecule has 3 aliphatic rings. The highest BCUT2D eigenvalue weighted by atomic mass is 16.7. The molecule has 0 aromatic heterocycles. The number of nitrogens with zero attached hydrogens (tertiary/aromatic N) is 2. The fraction of sp³-hybridized carbons (Fsp3) is 0.333. The van der Waals surface area contributed by atoms with E-state index in [0.717, 1.165) is 22.6 Å². The molecule has 1 fully saturated rings. The highest BCUT2D eigenvalue weighted by Crippen LogP contribution is 2.48. The van der Waals surface area contributed by atoms with Gasteiger partial charge in [0.15, 0.2) is 23.9 Å². The smallest absolute Gasteiger partial charge is 0.341 e. The van der Waals surface area contributed by atoms with Gasteiger partial charge >= 0.3 is 6.03 Å². The van der Waals surface area contributed by atoms with E-state index in [1.54, 1.807) is 0 Å². The average Bonchev–Trinajstić information content (AvgIpc) is 2.72. The zero-order valence-corrected chi connectivity index (χ0v) is 15.0. The van der Waals surface area contributed by atoms with Crippen LogP contribution in [-0.4, -0.2) is 38.7 Å². The largest absolute Gasteiger partial charge is 0.705 e. The van der Waals surface area contributed by atoms with Crippen molar-refractivity contribution < 1.29 is 18.6 Å². The molecule has 0 bridgehead atoms. The van der Waals surface area contributed by atoms with Crippen LogP contribution >= 0.6 is 0 Å². The molecule has 1 spiro atoms. The number of hydrogen-bond donors (Lipinski definition) is 0. The standard InChI is InChI=1S/C21H22N2O2/c1-19(2)20(3,4)23-14-16-10-6-8-12-18(16)25-21(23)22(19)13-15-9-5-7-11-17(15)24-21/h5-14H,1-4H3/q+2. The highest BCUT2D eigenvalue weighted by molar-refractivity contribution is 5.83. The van der Waals surface area contributed by atoms with Gasteiger partial charge in [-0.2, -0.15) is 0 Å². The van der Waals surface area contributed by atoms with Crippen LogP contribution in [-0.2, 0) is 0 Å². The first kappa shape index (κ1) is 14.7. The predicted octanol–water partition coefficient (Wildman–Crippen LogP) is 3.22. The topological polar surface area (TPSA) is 24.5 Å². The summed E-state index contributed by atoms with van der Waals surface area (Å²) in [7, 11) is 0. The van der Waals surface area contributed by atoms with Crippen molar-refractivity contribution in [3.05, 3.63) is 59.7 Å². The quantitative estimate of drug-likeness (QED) is 0.691. The number of para-hydroxylation sites is 2. The van der Waals surface area contributed by atoms with Crippen LogP contribution in [0, 0.1) is 0 Å². The number of hydrogen-bond acceptors (Lipinski definition) is 2. The van der Waals surface area contributed by atoms with E-state index < -0.39 is 6.03 Å². The van der Waals surface area contributed by atoms with E-state index in [4.69, 9.17) is 9.47 Å². The van der Waals surface area contributed by atoms with E-state index >= 15 is 0 Å². The molecule has 4 nitrogen and oxygen atoms in total. The van der Waals surface area contributed by atoms with Crippen molar-refractivity contribution in [1.29, 1.82) is 0 Å². The van der Waals surface area contributed by atoms with Crippen molar-refractivity contribution in [2.75, 3.05) is 0 Å². The third-order valence-electron chi connectivity index (χ3n) is 6.17. The number of benzene rings is 2. The Labute approximate surface area is 147 Å². The summed E-state index contributed by atoms with van der Waals surface area (Å²) in [5.41, 5.74) is 1.72. The highest BCUT2D eigenvalue weighted by Gasteiger charge is 2.83. The molecule has 2 aromatic carbocycles. The van der Waals surface area contributed by atoms with Gasteiger partial charge in [0.1, 0.15) is 0 Å². The second-order valence-electron chi connectivity index (χ2n) is 7.94. The Hall–Kier alpha value is -2.62. The van der Waals surface area contributed by atoms with Gasteiger partial charge in [0.05, 0.1) is 11.1 Å². The van der Waals surface area contributed by atoms with Crippen molar-refractivity contribution in [2.45, 2.75) is 44.8 Å². The third kappa shape index (κ3) is 1.62. The molecule has 0 atom stereocenters. The van der Waals surface area contributed by atoms with Crippen LogP contribution in [0.5, 0.6) is 11.5 Å². The summed E-state index contributed by atoms with van der Waals surface area (Å²) in [6.45, 7) is 8.96. The van der Waals surface area contributed by atoms with E-state index in [9.17, 15) is 0 Å². The number of ether oxygens (including phenoxy) is 2. The SMILES string of the molecule is CC1(C)[N+]2=Cc3ccccc3OC23Oc2ccccc2C=[N+]3C1(C)C. The Morgan fingerprint density at radius 1 is 0.640 bits per heavy atom. The minimum atomic E-state index is -1.00. The molecule has 4 heteroatoms. The molecule has 3 aliphatic heterocycles. The van der Waals surface area contributed by atoms with Crippen molar-refractivity contribution in [2.24, 2.45) is 0 Å². The summed E-state index contributed by atoms with van der Waals surface area (Å²) in [4.78, 5) is 0. The molecule has 1 saturated heterocycles. The fourth-order valence-electron chi connectivity index (χ4n) is 4.04. The van der Waals surface area contributed by atoms with Crippen LogP contribution in [0.15, 0.2) is 48.5 Å². The first-order chi connectivity index (χ1) is 11.9. The molecule has 0 saturated carbocycles. The van der Waals surface area contributed by atoms with Crippen molar-refractivity contribution >= 4 is 12.4 Å². The lowest BCUT2D eigenvalue weighted by molar-refractivity contribution is -0.875. The van der Waals surface area contributed by atoms with Crippen molar-refractivity contribution in [1.82, 2.24) is 0 Å². The van der Waals surface area contributed by atoms with E-state index in [0.29, 0.717) is 0 Å². The Morgan fingerprint density at radius 3 is 1.48 bits per heavy atom. The van der Waals surface area contributed by atoms with Gasteiger partial charge in [0, 0.05) is 27.7 Å². The summed E-state index contributed by atoms with van der Waals surface area (Å²) in [6.07, 6.45) is 4.34. The molecule has 5 rings (SSSR count). The minimum absolute atomic E-state index is 0.209. The van der Waals surface area contributed by atoms with Gasteiger partial charge in [0.25, 0.3) is 0 Å². The molecule has 126 valence electrons. The Balaban J connectivity index is 1.84. The van der Waals surface area contributed by atoms with Crippen LogP contribution in [0.25, 0.3) is 0 Å². The second kappa shape index (κ2) is 4.31. The molecule has 0 unspecified atom stereocenters. The molecular formula is C21H22N2O2+2. The predicted molar refractivity (Wildman–Crippen MR) is 95.9 cm³/mol. The van der Waals surface area contributed by atoms with Gasteiger partial charge < -0.3 is 9.47 Å². The molecule has 0 aliphatic carbocycles. The van der Waals surface area contributed by atoms with Crippen LogP contribution in [0.1, 0.15) is 38.8 Å². The Bertz CT molecular complexity index is 890. The third-order valence-corrected chi connectivity index (χ3v) is 6.17. The Morgan fingerprint density at radius 2 is 1.04 bits per heavy atom. The molecule has 0 radical (unpaired) electrons. The monoisotopic (exact) mass is 334 g/mol. The lowest BCUT2D eigenvalue weighted by Crippen LogP contribution is -2.61. The number of rotatable bonds is 0. The first-order valence-electron chi connectivity index (χ1n) is 8.71. The maximum Gasteiger partial charge on any atom is 0.705 e. The van der Waals surface area contributed by atoms with Crippen LogP contribution < -0.4 is 9.47 Å². The molecule has 25 heavy (non-hydrogen) atoms. The summed E-state index contributed by atoms with van der Waals surface area (Å²) in [5.74, 6) is 1.68. The molecule has 2 aromatic rings. The van der Waals surface area contributed by atoms with E-state index in [-0.39, 0.29) is 11.1 Å². The number of fused-ring (bicyclic) bond motifs is 2. The first-order valence-corrected chi connectivity index (χ1v) is 8.71. The van der Waals surface area contributed by atoms with Crippen LogP contribution in [0.3, 0.4) is 0 Å². The normalized spacial score (nSPS) is 22.9. The van der Waals surface area contributed by atoms with Gasteiger partial charge in [-0.3, -0.25) is 0 Å².